The topological polar surface area (TPSA) is 114 Å². The molecule has 86 heavy (non-hydrogen) atoms. The minimum atomic E-state index is -4.73. The first-order valence-electron chi connectivity index (χ1n) is 34.3. The van der Waals surface area contributed by atoms with Gasteiger partial charge in [0.15, 0.2) is 0 Å². The number of hydrogen-bond acceptors (Lipinski definition) is 7. The first kappa shape index (κ1) is 81.6. The number of likely N-dealkylation sites (N-methyl/N-ethyl adjacent to an activating group) is 1. The zero-order valence-electron chi connectivity index (χ0n) is 55.7. The number of hydrogen-bond donors (Lipinski definition) is 1. The van der Waals surface area contributed by atoms with Gasteiger partial charge in [0, 0.05) is 12.8 Å². The van der Waals surface area contributed by atoms with Crippen LogP contribution in [0.2, 0.25) is 0 Å². The number of allylic oxidation sites excluding steroid dienone is 25. The molecule has 1 amide bonds. The van der Waals surface area contributed by atoms with Crippen molar-refractivity contribution in [3.8, 4) is 0 Å². The Labute approximate surface area is 529 Å². The number of nitrogens with one attached hydrogen (secondary N) is 1. The summed E-state index contributed by atoms with van der Waals surface area (Å²) in [6.45, 7) is 6.57. The van der Waals surface area contributed by atoms with Crippen LogP contribution in [-0.2, 0) is 27.9 Å². The molecule has 488 valence electrons. The highest BCUT2D eigenvalue weighted by molar-refractivity contribution is 7.45. The summed E-state index contributed by atoms with van der Waals surface area (Å²) < 4.78 is 30.4. The molecule has 0 radical (unpaired) electrons. The largest absolute Gasteiger partial charge is 0.756 e. The van der Waals surface area contributed by atoms with E-state index in [1.54, 1.807) is 0 Å². The number of rotatable bonds is 60. The second kappa shape index (κ2) is 63.6. The van der Waals surface area contributed by atoms with Gasteiger partial charge in [0.1, 0.15) is 19.3 Å². The van der Waals surface area contributed by atoms with Crippen LogP contribution in [0.15, 0.2) is 158 Å². The Morgan fingerprint density at radius 3 is 1.12 bits per heavy atom. The molecule has 0 aliphatic carbocycles. The Hall–Kier alpha value is -4.37. The lowest BCUT2D eigenvalue weighted by molar-refractivity contribution is -0.870. The molecule has 0 aliphatic rings. The van der Waals surface area contributed by atoms with E-state index in [9.17, 15) is 19.0 Å². The molecule has 0 saturated carbocycles. The molecule has 0 aromatic rings. The van der Waals surface area contributed by atoms with E-state index >= 15 is 0 Å². The van der Waals surface area contributed by atoms with Crippen molar-refractivity contribution in [3.63, 3.8) is 0 Å². The molecule has 10 heteroatoms. The number of amides is 1. The molecule has 0 fully saturated rings. The van der Waals surface area contributed by atoms with Crippen LogP contribution < -0.4 is 10.2 Å². The molecule has 3 unspecified atom stereocenters. The third-order valence-corrected chi connectivity index (χ3v) is 15.2. The molecular formula is C76H127N2O7P. The first-order valence-corrected chi connectivity index (χ1v) is 35.8. The van der Waals surface area contributed by atoms with E-state index in [1.165, 1.54) is 51.4 Å². The highest BCUT2D eigenvalue weighted by Gasteiger charge is 2.27. The lowest BCUT2D eigenvalue weighted by Gasteiger charge is -2.30. The highest BCUT2D eigenvalue weighted by Crippen LogP contribution is 2.38. The third kappa shape index (κ3) is 64.1. The Balaban J connectivity index is 5.24. The number of carbonyl (C=O) groups is 2. The van der Waals surface area contributed by atoms with Crippen molar-refractivity contribution in [2.75, 3.05) is 40.9 Å². The number of esters is 1. The predicted octanol–water partition coefficient (Wildman–Crippen LogP) is 21.3. The normalized spacial score (nSPS) is 14.5. The minimum Gasteiger partial charge on any atom is -0.756 e. The molecule has 3 atom stereocenters. The van der Waals surface area contributed by atoms with E-state index in [4.69, 9.17) is 13.8 Å². The number of quaternary nitrogens is 1. The molecule has 0 spiro atoms. The van der Waals surface area contributed by atoms with Crippen LogP contribution in [0.1, 0.15) is 258 Å². The maximum absolute atomic E-state index is 13.6. The lowest BCUT2D eigenvalue weighted by Crippen LogP contribution is -2.47. The molecule has 0 bridgehead atoms. The van der Waals surface area contributed by atoms with E-state index in [0.717, 1.165) is 161 Å². The SMILES string of the molecule is CC/C=C\C/C=C\C/C=C\C/C=C\C/C=C\C/C=C\CCCCCCCCC(=O)OC(/C=C/CCCCCCCCCCCC)C(COP(=O)([O-])OCC[N+](C)(C)C)NC(=O)CCCCCC/C=C\C/C=C\C/C=C\C/C=C\C/C=C\C/C=C\CC. The molecule has 0 saturated heterocycles. The molecular weight excluding hydrogens is 1080 g/mol. The van der Waals surface area contributed by atoms with Crippen LogP contribution >= 0.6 is 7.82 Å². The van der Waals surface area contributed by atoms with E-state index in [0.29, 0.717) is 23.9 Å². The van der Waals surface area contributed by atoms with Gasteiger partial charge < -0.3 is 28.5 Å². The first-order chi connectivity index (χ1) is 41.9. The van der Waals surface area contributed by atoms with Crippen LogP contribution in [0.5, 0.6) is 0 Å². The quantitative estimate of drug-likeness (QED) is 0.0212. The molecule has 0 aromatic heterocycles. The molecule has 0 aromatic carbocycles. The van der Waals surface area contributed by atoms with E-state index in [2.05, 4.69) is 172 Å². The van der Waals surface area contributed by atoms with Crippen LogP contribution in [0.3, 0.4) is 0 Å². The molecule has 9 nitrogen and oxygen atoms in total. The van der Waals surface area contributed by atoms with Gasteiger partial charge in [0.25, 0.3) is 7.82 Å². The van der Waals surface area contributed by atoms with E-state index in [-0.39, 0.29) is 31.3 Å². The van der Waals surface area contributed by atoms with Gasteiger partial charge in [-0.15, -0.1) is 0 Å². The van der Waals surface area contributed by atoms with Crippen LogP contribution in [0, 0.1) is 0 Å². The fraction of sp³-hybridized carbons (Fsp3) is 0.632. The number of nitrogens with zero attached hydrogens (tertiary/aromatic N) is 1. The monoisotopic (exact) mass is 1210 g/mol. The van der Waals surface area contributed by atoms with Gasteiger partial charge >= 0.3 is 5.97 Å². The maximum atomic E-state index is 13.6. The second-order valence-corrected chi connectivity index (χ2v) is 25.0. The predicted molar refractivity (Wildman–Crippen MR) is 371 cm³/mol. The number of phosphoric ester groups is 1. The zero-order valence-corrected chi connectivity index (χ0v) is 56.6. The fourth-order valence-corrected chi connectivity index (χ4v) is 9.72. The summed E-state index contributed by atoms with van der Waals surface area (Å²) in [5.41, 5.74) is 0. The third-order valence-electron chi connectivity index (χ3n) is 14.2. The summed E-state index contributed by atoms with van der Waals surface area (Å²) in [5.74, 6) is -0.598. The second-order valence-electron chi connectivity index (χ2n) is 23.6. The van der Waals surface area contributed by atoms with E-state index in [1.807, 2.05) is 33.3 Å². The number of ether oxygens (including phenoxy) is 1. The van der Waals surface area contributed by atoms with Crippen LogP contribution in [0.4, 0.5) is 0 Å². The molecule has 0 aliphatic heterocycles. The van der Waals surface area contributed by atoms with Gasteiger partial charge in [-0.3, -0.25) is 14.2 Å². The Kier molecular flexibility index (Phi) is 60.4. The van der Waals surface area contributed by atoms with Gasteiger partial charge in [-0.1, -0.05) is 269 Å². The summed E-state index contributed by atoms with van der Waals surface area (Å²) in [4.78, 5) is 40.2. The summed E-state index contributed by atoms with van der Waals surface area (Å²) in [7, 11) is 1.13. The number of carbonyl (C=O) groups excluding carboxylic acids is 2. The molecule has 0 heterocycles. The van der Waals surface area contributed by atoms with Gasteiger partial charge in [-0.05, 0) is 134 Å². The van der Waals surface area contributed by atoms with Crippen molar-refractivity contribution in [2.24, 2.45) is 0 Å². The summed E-state index contributed by atoms with van der Waals surface area (Å²) in [6, 6.07) is -0.922. The fourth-order valence-electron chi connectivity index (χ4n) is 9.00. The highest BCUT2D eigenvalue weighted by atomic mass is 31.2. The standard InChI is InChI=1S/C76H127N2O7P/c1-7-10-13-16-19-22-25-28-30-32-34-36-38-39-41-43-45-47-49-51-54-57-60-63-66-69-76(80)85-74(67-64-61-58-55-52-27-24-21-18-15-12-9-3)73(72-84-86(81,82)83-71-70-78(4,5)6)77-75(79)68-65-62-59-56-53-50-48-46-44-42-40-37-35-33-31-29-26-23-20-17-14-11-8-2/h10-11,13-14,19-20,22-23,28-31,34-37,39,41-42,44-45,47-48,50,64,67,73-74H,7-9,12,15-18,21,24-27,32-33,38,40,43,46,49,51-63,65-66,68-72H2,1-6H3,(H-,77,79,81,82)/b13-10-,14-11-,22-19-,23-20-,30-28-,31-29-,36-34-,37-35-,41-39-,44-42-,47-45-,50-48-,67-64+. The summed E-state index contributed by atoms with van der Waals surface area (Å²) in [6.07, 6.45) is 93.6. The average Bonchev–Trinajstić information content (AvgIpc) is 3.65. The molecule has 1 N–H and O–H groups in total. The van der Waals surface area contributed by atoms with Crippen LogP contribution in [0.25, 0.3) is 0 Å². The summed E-state index contributed by atoms with van der Waals surface area (Å²) in [5, 5.41) is 3.02. The molecule has 0 rings (SSSR count). The Morgan fingerprint density at radius 1 is 0.419 bits per heavy atom. The van der Waals surface area contributed by atoms with Gasteiger partial charge in [-0.25, -0.2) is 0 Å². The van der Waals surface area contributed by atoms with Gasteiger partial charge in [0.2, 0.25) is 5.91 Å². The van der Waals surface area contributed by atoms with Crippen molar-refractivity contribution < 1.29 is 37.3 Å². The van der Waals surface area contributed by atoms with Crippen LogP contribution in [-0.4, -0.2) is 69.4 Å². The number of unbranched alkanes of at least 4 members (excludes halogenated alkanes) is 20. The van der Waals surface area contributed by atoms with Crippen molar-refractivity contribution in [1.29, 1.82) is 0 Å². The van der Waals surface area contributed by atoms with Gasteiger partial charge in [-0.2, -0.15) is 0 Å². The average molecular weight is 1210 g/mol. The smallest absolute Gasteiger partial charge is 0.306 e. The maximum Gasteiger partial charge on any atom is 0.306 e. The van der Waals surface area contributed by atoms with Crippen molar-refractivity contribution in [2.45, 2.75) is 270 Å². The van der Waals surface area contributed by atoms with Crippen molar-refractivity contribution in [1.82, 2.24) is 5.32 Å². The lowest BCUT2D eigenvalue weighted by atomic mass is 10.0. The van der Waals surface area contributed by atoms with Crippen molar-refractivity contribution in [3.05, 3.63) is 158 Å². The van der Waals surface area contributed by atoms with Crippen molar-refractivity contribution >= 4 is 19.7 Å². The van der Waals surface area contributed by atoms with E-state index < -0.39 is 26.6 Å². The Bertz CT molecular complexity index is 2030. The van der Waals surface area contributed by atoms with Gasteiger partial charge in [0.05, 0.1) is 33.8 Å². The number of phosphoric acid groups is 1. The summed E-state index contributed by atoms with van der Waals surface area (Å²) >= 11 is 0. The minimum absolute atomic E-state index is 0.0396. The zero-order chi connectivity index (χ0) is 62.8. The Morgan fingerprint density at radius 2 is 0.744 bits per heavy atom.